The Labute approximate surface area is 201 Å². The summed E-state index contributed by atoms with van der Waals surface area (Å²) in [5.41, 5.74) is -0.269. The first-order valence-corrected chi connectivity index (χ1v) is 11.5. The number of hydrogen-bond donors (Lipinski definition) is 3. The lowest BCUT2D eigenvalue weighted by atomic mass is 9.89. The Hall–Kier alpha value is -3.12. The molecule has 194 valence electrons. The van der Waals surface area contributed by atoms with Crippen LogP contribution in [0, 0.1) is 17.8 Å². The molecule has 0 aromatic carbocycles. The van der Waals surface area contributed by atoms with E-state index in [2.05, 4.69) is 25.8 Å². The number of hydrazone groups is 1. The molecule has 10 nitrogen and oxygen atoms in total. The number of nitrogens with two attached hydrogens (primary N) is 1. The lowest BCUT2D eigenvalue weighted by Crippen LogP contribution is -2.51. The van der Waals surface area contributed by atoms with Crippen molar-refractivity contribution in [3.8, 4) is 0 Å². The monoisotopic (exact) mass is 499 g/mol. The molecule has 2 aliphatic rings. The predicted octanol–water partition coefficient (Wildman–Crippen LogP) is 3.10. The van der Waals surface area contributed by atoms with Crippen LogP contribution in [-0.2, 0) is 16.1 Å². The van der Waals surface area contributed by atoms with Gasteiger partial charge >= 0.3 is 12.3 Å². The van der Waals surface area contributed by atoms with Gasteiger partial charge in [-0.15, -0.1) is 0 Å². The van der Waals surface area contributed by atoms with Crippen LogP contribution in [0.4, 0.5) is 23.7 Å². The zero-order valence-corrected chi connectivity index (χ0v) is 20.0. The standard InChI is InChI=1S/C22H32F3N7O3/c1-21(2,3)35-20(34)30-18(17(13-4-5-13)14-6-7-14)19(33)29-15-9-28-32(10-15)11-16(31-26)8-27-12-22(23,24)25/h8-10,13-14,17-18H,4-7,11-12,26H2,1-3H3,(H,29,33)(H,30,34)/t18-/m0/s1. The van der Waals surface area contributed by atoms with Gasteiger partial charge in [-0.1, -0.05) is 0 Å². The van der Waals surface area contributed by atoms with Gasteiger partial charge in [0.15, 0.2) is 0 Å². The lowest BCUT2D eigenvalue weighted by Gasteiger charge is -2.28. The molecule has 0 spiro atoms. The van der Waals surface area contributed by atoms with Crippen LogP contribution in [0.15, 0.2) is 22.5 Å². The average molecular weight is 500 g/mol. The molecular formula is C22H32F3N7O3. The minimum absolute atomic E-state index is 0.0263. The number of amides is 2. The van der Waals surface area contributed by atoms with E-state index in [-0.39, 0.29) is 24.1 Å². The van der Waals surface area contributed by atoms with Crippen LogP contribution in [0.5, 0.6) is 0 Å². The van der Waals surface area contributed by atoms with Crippen LogP contribution in [0.25, 0.3) is 0 Å². The molecule has 3 rings (SSSR count). The molecule has 2 fully saturated rings. The number of carbonyl (C=O) groups is 2. The van der Waals surface area contributed by atoms with Gasteiger partial charge in [0.1, 0.15) is 18.2 Å². The Morgan fingerprint density at radius 1 is 1.26 bits per heavy atom. The minimum atomic E-state index is -4.43. The number of aromatic nitrogens is 2. The highest BCUT2D eigenvalue weighted by atomic mass is 19.4. The third kappa shape index (κ3) is 8.87. The van der Waals surface area contributed by atoms with Crippen LogP contribution < -0.4 is 16.5 Å². The first-order valence-electron chi connectivity index (χ1n) is 11.5. The van der Waals surface area contributed by atoms with E-state index in [9.17, 15) is 22.8 Å². The van der Waals surface area contributed by atoms with Crippen LogP contribution in [0.1, 0.15) is 46.5 Å². The molecule has 0 aliphatic heterocycles. The van der Waals surface area contributed by atoms with E-state index < -0.39 is 30.5 Å². The van der Waals surface area contributed by atoms with Crippen LogP contribution >= 0.6 is 0 Å². The summed E-state index contributed by atoms with van der Waals surface area (Å²) in [7, 11) is 0. The first kappa shape index (κ1) is 26.5. The summed E-state index contributed by atoms with van der Waals surface area (Å²) >= 11 is 0. The van der Waals surface area contributed by atoms with Crippen molar-refractivity contribution >= 4 is 29.6 Å². The first-order chi connectivity index (χ1) is 16.3. The Morgan fingerprint density at radius 2 is 1.89 bits per heavy atom. The van der Waals surface area contributed by atoms with Crippen molar-refractivity contribution in [1.82, 2.24) is 15.1 Å². The maximum atomic E-state index is 13.3. The Morgan fingerprint density at radius 3 is 2.40 bits per heavy atom. The van der Waals surface area contributed by atoms with Crippen molar-refractivity contribution in [3.05, 3.63) is 12.4 Å². The van der Waals surface area contributed by atoms with Crippen LogP contribution in [-0.4, -0.2) is 58.1 Å². The molecule has 35 heavy (non-hydrogen) atoms. The van der Waals surface area contributed by atoms with E-state index in [1.54, 1.807) is 20.8 Å². The third-order valence-electron chi connectivity index (χ3n) is 5.57. The number of hydrogen-bond acceptors (Lipinski definition) is 7. The van der Waals surface area contributed by atoms with E-state index >= 15 is 0 Å². The predicted molar refractivity (Wildman–Crippen MR) is 124 cm³/mol. The number of alkyl carbamates (subject to hydrolysis) is 1. The van der Waals surface area contributed by atoms with Gasteiger partial charge in [0.05, 0.1) is 24.1 Å². The summed E-state index contributed by atoms with van der Waals surface area (Å²) in [6.45, 7) is 3.87. The van der Waals surface area contributed by atoms with Gasteiger partial charge in [-0.3, -0.25) is 14.5 Å². The van der Waals surface area contributed by atoms with Gasteiger partial charge in [-0.05, 0) is 64.2 Å². The molecule has 13 heteroatoms. The normalized spacial score (nSPS) is 18.1. The lowest BCUT2D eigenvalue weighted by molar-refractivity contribution is -0.120. The Balaban J connectivity index is 1.66. The van der Waals surface area contributed by atoms with E-state index in [0.717, 1.165) is 31.9 Å². The molecule has 4 N–H and O–H groups in total. The summed E-state index contributed by atoms with van der Waals surface area (Å²) in [6.07, 6.45) is 2.84. The summed E-state index contributed by atoms with van der Waals surface area (Å²) in [6, 6.07) is -0.760. The fourth-order valence-electron chi connectivity index (χ4n) is 3.93. The maximum absolute atomic E-state index is 13.3. The van der Waals surface area contributed by atoms with Crippen molar-refractivity contribution < 1.29 is 27.5 Å². The topological polar surface area (TPSA) is 136 Å². The van der Waals surface area contributed by atoms with Crippen molar-refractivity contribution in [2.45, 2.75) is 70.8 Å². The second-order valence-corrected chi connectivity index (χ2v) is 10.00. The van der Waals surface area contributed by atoms with Gasteiger partial charge in [-0.25, -0.2) is 4.79 Å². The number of rotatable bonds is 10. The number of alkyl halides is 3. The average Bonchev–Trinajstić information content (AvgIpc) is 3.65. The van der Waals surface area contributed by atoms with Crippen LogP contribution in [0.2, 0.25) is 0 Å². The molecule has 2 amide bonds. The second-order valence-electron chi connectivity index (χ2n) is 10.00. The number of carbonyl (C=O) groups excluding carboxylic acids is 2. The molecule has 2 saturated carbocycles. The number of aliphatic imine (C=N–C) groups is 1. The summed E-state index contributed by atoms with van der Waals surface area (Å²) in [5.74, 6) is 5.66. The van der Waals surface area contributed by atoms with Crippen molar-refractivity contribution in [3.63, 3.8) is 0 Å². The van der Waals surface area contributed by atoms with Gasteiger partial charge in [-0.2, -0.15) is 23.4 Å². The molecule has 0 bridgehead atoms. The highest BCUT2D eigenvalue weighted by molar-refractivity contribution is 6.30. The summed E-state index contributed by atoms with van der Waals surface area (Å²) in [4.78, 5) is 29.0. The van der Waals surface area contributed by atoms with E-state index in [1.807, 2.05) is 0 Å². The highest BCUT2D eigenvalue weighted by Crippen LogP contribution is 2.50. The molecule has 0 radical (unpaired) electrons. The van der Waals surface area contributed by atoms with Crippen molar-refractivity contribution in [1.29, 1.82) is 0 Å². The maximum Gasteiger partial charge on any atom is 0.408 e. The molecule has 2 aliphatic carbocycles. The Bertz CT molecular complexity index is 948. The van der Waals surface area contributed by atoms with Crippen molar-refractivity contribution in [2.75, 3.05) is 11.9 Å². The third-order valence-corrected chi connectivity index (χ3v) is 5.57. The van der Waals surface area contributed by atoms with E-state index in [0.29, 0.717) is 17.5 Å². The molecule has 0 unspecified atom stereocenters. The molecule has 1 heterocycles. The Kier molecular flexibility index (Phi) is 8.06. The second kappa shape index (κ2) is 10.6. The smallest absolute Gasteiger partial charge is 0.408 e. The van der Waals surface area contributed by atoms with Gasteiger partial charge in [0.2, 0.25) is 5.91 Å². The fraction of sp³-hybridized carbons (Fsp3) is 0.682. The quantitative estimate of drug-likeness (QED) is 0.258. The highest BCUT2D eigenvalue weighted by Gasteiger charge is 2.48. The van der Waals surface area contributed by atoms with Crippen LogP contribution in [0.3, 0.4) is 0 Å². The van der Waals surface area contributed by atoms with Gasteiger partial charge in [0, 0.05) is 12.4 Å². The van der Waals surface area contributed by atoms with E-state index in [4.69, 9.17) is 10.6 Å². The number of ether oxygens (including phenoxy) is 1. The molecule has 0 saturated heterocycles. The summed E-state index contributed by atoms with van der Waals surface area (Å²) < 4.78 is 43.6. The number of nitrogens with one attached hydrogen (secondary N) is 2. The van der Waals surface area contributed by atoms with E-state index in [1.165, 1.54) is 17.1 Å². The number of halogens is 3. The molecule has 1 aromatic heterocycles. The number of nitrogens with zero attached hydrogens (tertiary/aromatic N) is 4. The molecular weight excluding hydrogens is 467 g/mol. The van der Waals surface area contributed by atoms with Gasteiger partial charge in [0.25, 0.3) is 0 Å². The zero-order valence-electron chi connectivity index (χ0n) is 20.0. The largest absolute Gasteiger partial charge is 0.444 e. The fourth-order valence-corrected chi connectivity index (χ4v) is 3.93. The van der Waals surface area contributed by atoms with Gasteiger partial charge < -0.3 is 21.2 Å². The molecule has 1 atom stereocenters. The number of anilines is 1. The minimum Gasteiger partial charge on any atom is -0.444 e. The SMILES string of the molecule is CC(C)(C)OC(=O)N[C@H](C(=O)Nc1cnn(CC(C=NCC(F)(F)F)=NN)c1)C(C1CC1)C1CC1. The molecule has 1 aromatic rings. The van der Waals surface area contributed by atoms with Crippen molar-refractivity contribution in [2.24, 2.45) is 33.7 Å². The summed E-state index contributed by atoms with van der Waals surface area (Å²) in [5, 5.41) is 13.1. The zero-order chi connectivity index (χ0) is 25.8.